The smallest absolute Gasteiger partial charge is 0.356 e. The molecule has 0 radical (unpaired) electrons. The second-order valence-corrected chi connectivity index (χ2v) is 4.49. The predicted molar refractivity (Wildman–Crippen MR) is 83.1 cm³/mol. The van der Waals surface area contributed by atoms with E-state index in [1.54, 1.807) is 25.1 Å². The Morgan fingerprint density at radius 1 is 1.09 bits per heavy atom. The average Bonchev–Trinajstić information content (AvgIpc) is 2.55. The van der Waals surface area contributed by atoms with Gasteiger partial charge in [-0.1, -0.05) is 18.2 Å². The van der Waals surface area contributed by atoms with Crippen LogP contribution in [0.25, 0.3) is 0 Å². The molecule has 3 N–H and O–H groups in total. The molecule has 7 heteroatoms. The molecule has 2 amide bonds. The minimum Gasteiger partial charge on any atom is -0.461 e. The number of aromatic nitrogens is 1. The zero-order valence-electron chi connectivity index (χ0n) is 12.4. The first kappa shape index (κ1) is 16.2. The number of anilines is 1. The average molecular weight is 313 g/mol. The lowest BCUT2D eigenvalue weighted by Crippen LogP contribution is -2.20. The van der Waals surface area contributed by atoms with Crippen LogP contribution in [0.3, 0.4) is 0 Å². The van der Waals surface area contributed by atoms with Crippen LogP contribution >= 0.6 is 0 Å². The summed E-state index contributed by atoms with van der Waals surface area (Å²) in [6.07, 6.45) is 0. The van der Waals surface area contributed by atoms with E-state index in [9.17, 15) is 14.4 Å². The highest BCUT2D eigenvalue weighted by molar-refractivity contribution is 6.08. The molecule has 1 aromatic carbocycles. The summed E-state index contributed by atoms with van der Waals surface area (Å²) in [6, 6.07) is 10.8. The van der Waals surface area contributed by atoms with Gasteiger partial charge < -0.3 is 15.8 Å². The van der Waals surface area contributed by atoms with Crippen LogP contribution in [-0.4, -0.2) is 29.4 Å². The number of nitrogens with zero attached hydrogens (tertiary/aromatic N) is 1. The fourth-order valence-electron chi connectivity index (χ4n) is 1.87. The zero-order chi connectivity index (χ0) is 16.8. The summed E-state index contributed by atoms with van der Waals surface area (Å²) < 4.78 is 4.84. The maximum Gasteiger partial charge on any atom is 0.356 e. The van der Waals surface area contributed by atoms with Crippen LogP contribution in [-0.2, 0) is 4.74 Å². The molecule has 0 saturated carbocycles. The molecule has 0 bridgehead atoms. The predicted octanol–water partition coefficient (Wildman–Crippen LogP) is 1.61. The fraction of sp³-hybridized carbons (Fsp3) is 0.125. The molecule has 0 aliphatic carbocycles. The van der Waals surface area contributed by atoms with Gasteiger partial charge in [0, 0.05) is 0 Å². The van der Waals surface area contributed by atoms with Crippen LogP contribution < -0.4 is 11.1 Å². The molecule has 0 atom stereocenters. The molecular weight excluding hydrogens is 298 g/mol. The van der Waals surface area contributed by atoms with Crippen molar-refractivity contribution < 1.29 is 19.1 Å². The van der Waals surface area contributed by atoms with Crippen molar-refractivity contribution in [2.75, 3.05) is 11.9 Å². The summed E-state index contributed by atoms with van der Waals surface area (Å²) in [5.74, 6) is -1.83. The van der Waals surface area contributed by atoms with E-state index in [0.717, 1.165) is 0 Å². The van der Waals surface area contributed by atoms with Gasteiger partial charge in [-0.15, -0.1) is 0 Å². The highest BCUT2D eigenvalue weighted by atomic mass is 16.5. The first-order valence-corrected chi connectivity index (χ1v) is 6.87. The lowest BCUT2D eigenvalue weighted by Gasteiger charge is -2.09. The first-order valence-electron chi connectivity index (χ1n) is 6.87. The Kier molecular flexibility index (Phi) is 5.03. The van der Waals surface area contributed by atoms with E-state index < -0.39 is 17.8 Å². The van der Waals surface area contributed by atoms with Crippen molar-refractivity contribution in [3.05, 3.63) is 59.4 Å². The van der Waals surface area contributed by atoms with Crippen molar-refractivity contribution in [2.45, 2.75) is 6.92 Å². The Bertz CT molecular complexity index is 758. The molecule has 118 valence electrons. The van der Waals surface area contributed by atoms with Crippen molar-refractivity contribution in [1.29, 1.82) is 0 Å². The van der Waals surface area contributed by atoms with Gasteiger partial charge in [-0.05, 0) is 31.2 Å². The summed E-state index contributed by atoms with van der Waals surface area (Å²) >= 11 is 0. The molecule has 0 saturated heterocycles. The maximum absolute atomic E-state index is 12.2. The standard InChI is InChI=1S/C16H15N3O4/c1-2-23-16(22)13-9-5-8-12(18-13)15(21)19-11-7-4-3-6-10(11)14(17)20/h3-9H,2H2,1H3,(H2,17,20)(H,19,21). The SMILES string of the molecule is CCOC(=O)c1cccc(C(=O)Nc2ccccc2C(N)=O)n1. The second kappa shape index (κ2) is 7.17. The number of amides is 2. The minimum atomic E-state index is -0.658. The summed E-state index contributed by atoms with van der Waals surface area (Å²) in [5.41, 5.74) is 5.77. The van der Waals surface area contributed by atoms with E-state index >= 15 is 0 Å². The van der Waals surface area contributed by atoms with Crippen LogP contribution in [0.15, 0.2) is 42.5 Å². The number of hydrogen-bond acceptors (Lipinski definition) is 5. The fourth-order valence-corrected chi connectivity index (χ4v) is 1.87. The van der Waals surface area contributed by atoms with Crippen LogP contribution in [0, 0.1) is 0 Å². The minimum absolute atomic E-state index is 0.0230. The highest BCUT2D eigenvalue weighted by Crippen LogP contribution is 2.15. The van der Waals surface area contributed by atoms with Gasteiger partial charge in [0.05, 0.1) is 17.9 Å². The van der Waals surface area contributed by atoms with Crippen LogP contribution in [0.2, 0.25) is 0 Å². The lowest BCUT2D eigenvalue weighted by molar-refractivity contribution is 0.0519. The van der Waals surface area contributed by atoms with E-state index in [4.69, 9.17) is 10.5 Å². The van der Waals surface area contributed by atoms with E-state index in [0.29, 0.717) is 0 Å². The Hall–Kier alpha value is -3.22. The third-order valence-corrected chi connectivity index (χ3v) is 2.91. The van der Waals surface area contributed by atoms with Gasteiger partial charge in [0.1, 0.15) is 11.4 Å². The number of pyridine rings is 1. The van der Waals surface area contributed by atoms with Gasteiger partial charge in [-0.25, -0.2) is 9.78 Å². The van der Waals surface area contributed by atoms with Crippen molar-refractivity contribution in [3.8, 4) is 0 Å². The second-order valence-electron chi connectivity index (χ2n) is 4.49. The van der Waals surface area contributed by atoms with E-state index in [-0.39, 0.29) is 29.2 Å². The Morgan fingerprint density at radius 3 is 2.48 bits per heavy atom. The first-order chi connectivity index (χ1) is 11.0. The zero-order valence-corrected chi connectivity index (χ0v) is 12.4. The Morgan fingerprint density at radius 2 is 1.78 bits per heavy atom. The molecule has 1 heterocycles. The monoisotopic (exact) mass is 313 g/mol. The topological polar surface area (TPSA) is 111 Å². The largest absolute Gasteiger partial charge is 0.461 e. The maximum atomic E-state index is 12.2. The van der Waals surface area contributed by atoms with Crippen molar-refractivity contribution in [3.63, 3.8) is 0 Å². The molecule has 2 rings (SSSR count). The van der Waals surface area contributed by atoms with Crippen molar-refractivity contribution in [2.24, 2.45) is 5.73 Å². The Balaban J connectivity index is 2.23. The van der Waals surface area contributed by atoms with Gasteiger partial charge in [0.15, 0.2) is 0 Å². The number of benzene rings is 1. The van der Waals surface area contributed by atoms with E-state index in [1.807, 2.05) is 0 Å². The van der Waals surface area contributed by atoms with Gasteiger partial charge in [0.25, 0.3) is 11.8 Å². The van der Waals surface area contributed by atoms with Gasteiger partial charge >= 0.3 is 5.97 Å². The number of nitrogens with one attached hydrogen (secondary N) is 1. The normalized spacial score (nSPS) is 9.96. The van der Waals surface area contributed by atoms with Crippen molar-refractivity contribution >= 4 is 23.5 Å². The number of para-hydroxylation sites is 1. The number of ether oxygens (including phenoxy) is 1. The number of hydrogen-bond donors (Lipinski definition) is 2. The molecule has 23 heavy (non-hydrogen) atoms. The third kappa shape index (κ3) is 3.91. The van der Waals surface area contributed by atoms with Crippen molar-refractivity contribution in [1.82, 2.24) is 4.98 Å². The quantitative estimate of drug-likeness (QED) is 0.814. The van der Waals surface area contributed by atoms with Gasteiger partial charge in [-0.3, -0.25) is 9.59 Å². The molecule has 1 aromatic heterocycles. The van der Waals surface area contributed by atoms with Gasteiger partial charge in [0.2, 0.25) is 0 Å². The molecule has 0 unspecified atom stereocenters. The van der Waals surface area contributed by atoms with Crippen LogP contribution in [0.4, 0.5) is 5.69 Å². The number of nitrogens with two attached hydrogens (primary N) is 1. The molecule has 2 aromatic rings. The highest BCUT2D eigenvalue weighted by Gasteiger charge is 2.15. The molecule has 7 nitrogen and oxygen atoms in total. The number of carbonyl (C=O) groups excluding carboxylic acids is 3. The lowest BCUT2D eigenvalue weighted by atomic mass is 10.1. The summed E-state index contributed by atoms with van der Waals surface area (Å²) in [6.45, 7) is 1.89. The van der Waals surface area contributed by atoms with Gasteiger partial charge in [-0.2, -0.15) is 0 Å². The number of rotatable bonds is 5. The summed E-state index contributed by atoms with van der Waals surface area (Å²) in [5, 5.41) is 2.55. The molecule has 0 spiro atoms. The molecule has 0 fully saturated rings. The third-order valence-electron chi connectivity index (χ3n) is 2.91. The number of esters is 1. The Labute approximate surface area is 132 Å². The summed E-state index contributed by atoms with van der Waals surface area (Å²) in [7, 11) is 0. The molecule has 0 aliphatic heterocycles. The van der Waals surface area contributed by atoms with Crippen LogP contribution in [0.1, 0.15) is 38.3 Å². The van der Waals surface area contributed by atoms with Crippen LogP contribution in [0.5, 0.6) is 0 Å². The van der Waals surface area contributed by atoms with E-state index in [1.165, 1.54) is 24.3 Å². The molecular formula is C16H15N3O4. The number of primary amides is 1. The van der Waals surface area contributed by atoms with E-state index in [2.05, 4.69) is 10.3 Å². The number of carbonyl (C=O) groups is 3. The summed E-state index contributed by atoms with van der Waals surface area (Å²) in [4.78, 5) is 39.2. The molecule has 0 aliphatic rings.